The molecule has 2 aromatic rings. The van der Waals surface area contributed by atoms with Crippen LogP contribution < -0.4 is 9.47 Å². The molecule has 8 heteroatoms. The van der Waals surface area contributed by atoms with Gasteiger partial charge in [0.05, 0.1) is 10.8 Å². The number of amides is 1. The van der Waals surface area contributed by atoms with Gasteiger partial charge in [-0.05, 0) is 24.1 Å². The van der Waals surface area contributed by atoms with Gasteiger partial charge in [-0.3, -0.25) is 4.79 Å². The molecule has 7 nitrogen and oxygen atoms in total. The van der Waals surface area contributed by atoms with Crippen LogP contribution in [-0.4, -0.2) is 62.9 Å². The molecule has 30 heavy (non-hydrogen) atoms. The first-order valence-electron chi connectivity index (χ1n) is 10.2. The lowest BCUT2D eigenvalue weighted by Crippen LogP contribution is -2.51. The summed E-state index contributed by atoms with van der Waals surface area (Å²) in [6, 6.07) is 14.4. The molecular formula is C22H26N2O5S. The van der Waals surface area contributed by atoms with Crippen LogP contribution in [0.3, 0.4) is 0 Å². The average Bonchev–Trinajstić information content (AvgIpc) is 2.80. The maximum absolute atomic E-state index is 13.1. The summed E-state index contributed by atoms with van der Waals surface area (Å²) in [5, 5.41) is 0. The molecule has 2 aromatic carbocycles. The Morgan fingerprint density at radius 1 is 0.967 bits per heavy atom. The van der Waals surface area contributed by atoms with Gasteiger partial charge >= 0.3 is 0 Å². The smallest absolute Gasteiger partial charge is 0.243 e. The van der Waals surface area contributed by atoms with E-state index in [4.69, 9.17) is 9.47 Å². The topological polar surface area (TPSA) is 76.2 Å². The normalized spacial score (nSPS) is 18.1. The molecule has 2 aliphatic heterocycles. The summed E-state index contributed by atoms with van der Waals surface area (Å²) in [4.78, 5) is 15.0. The second-order valence-corrected chi connectivity index (χ2v) is 9.34. The van der Waals surface area contributed by atoms with E-state index < -0.39 is 10.0 Å². The van der Waals surface area contributed by atoms with Crippen LogP contribution in [0.15, 0.2) is 53.4 Å². The van der Waals surface area contributed by atoms with E-state index in [1.807, 2.05) is 37.3 Å². The van der Waals surface area contributed by atoms with Crippen molar-refractivity contribution in [3.05, 3.63) is 54.1 Å². The molecule has 0 aliphatic carbocycles. The molecule has 1 saturated heterocycles. The number of nitrogens with zero attached hydrogens (tertiary/aromatic N) is 2. The molecule has 0 spiro atoms. The third kappa shape index (κ3) is 4.02. The number of hydrogen-bond donors (Lipinski definition) is 0. The summed E-state index contributed by atoms with van der Waals surface area (Å²) < 4.78 is 38.6. The summed E-state index contributed by atoms with van der Waals surface area (Å²) in [6.45, 7) is 4.16. The van der Waals surface area contributed by atoms with Gasteiger partial charge in [0.2, 0.25) is 15.9 Å². The van der Waals surface area contributed by atoms with Crippen molar-refractivity contribution in [2.24, 2.45) is 0 Å². The maximum Gasteiger partial charge on any atom is 0.243 e. The minimum absolute atomic E-state index is 0.0556. The number of hydrogen-bond acceptors (Lipinski definition) is 5. The van der Waals surface area contributed by atoms with Crippen molar-refractivity contribution in [1.29, 1.82) is 0 Å². The lowest BCUT2D eigenvalue weighted by Gasteiger charge is -2.36. The largest absolute Gasteiger partial charge is 0.486 e. The van der Waals surface area contributed by atoms with E-state index in [0.29, 0.717) is 44.2 Å². The van der Waals surface area contributed by atoms with Gasteiger partial charge in [0.25, 0.3) is 0 Å². The van der Waals surface area contributed by atoms with Crippen LogP contribution in [0.1, 0.15) is 24.8 Å². The van der Waals surface area contributed by atoms with Crippen LogP contribution >= 0.6 is 0 Å². The van der Waals surface area contributed by atoms with E-state index in [1.165, 1.54) is 10.4 Å². The fourth-order valence-corrected chi connectivity index (χ4v) is 5.38. The summed E-state index contributed by atoms with van der Waals surface area (Å²) in [5.74, 6) is 0.860. The maximum atomic E-state index is 13.1. The van der Waals surface area contributed by atoms with E-state index in [2.05, 4.69) is 0 Å². The highest BCUT2D eigenvalue weighted by Gasteiger charge is 2.33. The van der Waals surface area contributed by atoms with Crippen LogP contribution in [0.5, 0.6) is 11.5 Å². The Morgan fingerprint density at radius 2 is 1.63 bits per heavy atom. The Morgan fingerprint density at radius 3 is 2.30 bits per heavy atom. The Bertz CT molecular complexity index is 1000. The van der Waals surface area contributed by atoms with Crippen LogP contribution in [0, 0.1) is 0 Å². The van der Waals surface area contributed by atoms with Gasteiger partial charge in [-0.1, -0.05) is 37.3 Å². The number of ether oxygens (including phenoxy) is 2. The zero-order chi connectivity index (χ0) is 21.1. The lowest BCUT2D eigenvalue weighted by atomic mass is 9.95. The van der Waals surface area contributed by atoms with Gasteiger partial charge in [0, 0.05) is 32.2 Å². The first-order chi connectivity index (χ1) is 14.5. The summed E-state index contributed by atoms with van der Waals surface area (Å²) in [7, 11) is -3.66. The number of piperazine rings is 1. The molecule has 0 aromatic heterocycles. The van der Waals surface area contributed by atoms with Gasteiger partial charge in [-0.2, -0.15) is 4.31 Å². The summed E-state index contributed by atoms with van der Waals surface area (Å²) in [5.41, 5.74) is 0.997. The standard InChI is InChI=1S/C22H26N2O5S/c1-2-19(17-6-4-3-5-7-17)22(25)23-10-12-24(13-11-23)30(26,27)18-8-9-20-21(16-18)29-15-14-28-20/h3-9,16,19H,2,10-15H2,1H3/t19-/m0/s1. The number of fused-ring (bicyclic) bond motifs is 1. The van der Waals surface area contributed by atoms with Gasteiger partial charge < -0.3 is 14.4 Å². The van der Waals surface area contributed by atoms with Crippen molar-refractivity contribution in [2.75, 3.05) is 39.4 Å². The molecule has 160 valence electrons. The zero-order valence-corrected chi connectivity index (χ0v) is 17.8. The highest BCUT2D eigenvalue weighted by atomic mass is 32.2. The second-order valence-electron chi connectivity index (χ2n) is 7.41. The van der Waals surface area contributed by atoms with E-state index in [-0.39, 0.29) is 29.8 Å². The minimum Gasteiger partial charge on any atom is -0.486 e. The molecule has 0 saturated carbocycles. The third-order valence-corrected chi connectivity index (χ3v) is 7.50. The molecule has 1 amide bonds. The quantitative estimate of drug-likeness (QED) is 0.729. The van der Waals surface area contributed by atoms with Gasteiger partial charge in [-0.15, -0.1) is 0 Å². The lowest BCUT2D eigenvalue weighted by molar-refractivity contribution is -0.134. The van der Waals surface area contributed by atoms with Crippen LogP contribution in [-0.2, 0) is 14.8 Å². The van der Waals surface area contributed by atoms with Gasteiger partial charge in [-0.25, -0.2) is 8.42 Å². The average molecular weight is 431 g/mol. The second kappa shape index (κ2) is 8.65. The van der Waals surface area contributed by atoms with E-state index in [1.54, 1.807) is 17.0 Å². The molecule has 0 N–H and O–H groups in total. The summed E-state index contributed by atoms with van der Waals surface area (Å²) >= 11 is 0. The minimum atomic E-state index is -3.66. The molecule has 0 bridgehead atoms. The van der Waals surface area contributed by atoms with Gasteiger partial charge in [0.1, 0.15) is 13.2 Å². The van der Waals surface area contributed by atoms with Crippen LogP contribution in [0.2, 0.25) is 0 Å². The number of carbonyl (C=O) groups excluding carboxylic acids is 1. The molecule has 4 rings (SSSR count). The van der Waals surface area contributed by atoms with Crippen molar-refractivity contribution in [2.45, 2.75) is 24.2 Å². The van der Waals surface area contributed by atoms with Crippen molar-refractivity contribution >= 4 is 15.9 Å². The predicted molar refractivity (Wildman–Crippen MR) is 112 cm³/mol. The number of rotatable bonds is 5. The molecular weight excluding hydrogens is 404 g/mol. The molecule has 1 fully saturated rings. The van der Waals surface area contributed by atoms with Crippen LogP contribution in [0.25, 0.3) is 0 Å². The SMILES string of the molecule is CC[C@H](C(=O)N1CCN(S(=O)(=O)c2ccc3c(c2)OCCO3)CC1)c1ccccc1. The third-order valence-electron chi connectivity index (χ3n) is 5.61. The van der Waals surface area contributed by atoms with Crippen LogP contribution in [0.4, 0.5) is 0 Å². The number of sulfonamides is 1. The number of carbonyl (C=O) groups is 1. The molecule has 2 heterocycles. The molecule has 2 aliphatic rings. The molecule has 0 radical (unpaired) electrons. The Kier molecular flexibility index (Phi) is 5.97. The van der Waals surface area contributed by atoms with Crippen molar-refractivity contribution in [3.63, 3.8) is 0 Å². The highest BCUT2D eigenvalue weighted by Crippen LogP contribution is 2.33. The van der Waals surface area contributed by atoms with Crippen molar-refractivity contribution in [3.8, 4) is 11.5 Å². The first-order valence-corrected chi connectivity index (χ1v) is 11.7. The monoisotopic (exact) mass is 430 g/mol. The van der Waals surface area contributed by atoms with E-state index in [0.717, 1.165) is 5.56 Å². The van der Waals surface area contributed by atoms with Gasteiger partial charge in [0.15, 0.2) is 11.5 Å². The fourth-order valence-electron chi connectivity index (χ4n) is 3.94. The Hall–Kier alpha value is -2.58. The molecule has 1 atom stereocenters. The summed E-state index contributed by atoms with van der Waals surface area (Å²) in [6.07, 6.45) is 0.707. The van der Waals surface area contributed by atoms with E-state index >= 15 is 0 Å². The highest BCUT2D eigenvalue weighted by molar-refractivity contribution is 7.89. The van der Waals surface area contributed by atoms with Crippen molar-refractivity contribution < 1.29 is 22.7 Å². The molecule has 0 unspecified atom stereocenters. The number of benzene rings is 2. The predicted octanol–water partition coefficient (Wildman–Crippen LogP) is 2.48. The van der Waals surface area contributed by atoms with E-state index in [9.17, 15) is 13.2 Å². The zero-order valence-electron chi connectivity index (χ0n) is 17.0. The Labute approximate surface area is 177 Å². The Balaban J connectivity index is 1.44. The first kappa shape index (κ1) is 20.7. The van der Waals surface area contributed by atoms with Crippen molar-refractivity contribution in [1.82, 2.24) is 9.21 Å². The fraction of sp³-hybridized carbons (Fsp3) is 0.409.